The molecule has 0 N–H and O–H groups in total. The van der Waals surface area contributed by atoms with Gasteiger partial charge in [-0.05, 0) is 70.6 Å². The van der Waals surface area contributed by atoms with Crippen molar-refractivity contribution < 1.29 is 9.53 Å². The largest absolute Gasteiger partial charge is 0.444 e. The highest BCUT2D eigenvalue weighted by molar-refractivity contribution is 9.10. The molecule has 0 saturated heterocycles. The number of pyridine rings is 1. The maximum atomic E-state index is 13.2. The van der Waals surface area contributed by atoms with Gasteiger partial charge in [0.25, 0.3) is 0 Å². The highest BCUT2D eigenvalue weighted by atomic mass is 79.9. The second kappa shape index (κ2) is 8.54. The minimum Gasteiger partial charge on any atom is -0.444 e. The molecule has 8 heteroatoms. The van der Waals surface area contributed by atoms with Gasteiger partial charge in [0.2, 0.25) is 0 Å². The number of fused-ring (bicyclic) bond motifs is 3. The van der Waals surface area contributed by atoms with Crippen molar-refractivity contribution in [2.45, 2.75) is 58.1 Å². The Labute approximate surface area is 196 Å². The number of hydrogen-bond acceptors (Lipinski definition) is 4. The predicted octanol–water partition coefficient (Wildman–Crippen LogP) is 5.25. The number of nitrogens with zero attached hydrogens (tertiary/aromatic N) is 4. The number of aryl methyl sites for hydroxylation is 1. The van der Waals surface area contributed by atoms with Crippen molar-refractivity contribution in [3.63, 3.8) is 0 Å². The van der Waals surface area contributed by atoms with Crippen LogP contribution in [0.25, 0.3) is 21.9 Å². The van der Waals surface area contributed by atoms with Crippen LogP contribution in [0.2, 0.25) is 0 Å². The molecular weight excluding hydrogens is 472 g/mol. The molecule has 1 aliphatic carbocycles. The third kappa shape index (κ3) is 4.42. The minimum atomic E-state index is -0.495. The van der Waals surface area contributed by atoms with Gasteiger partial charge >= 0.3 is 11.8 Å². The summed E-state index contributed by atoms with van der Waals surface area (Å²) in [5, 5.41) is 0.987. The lowest BCUT2D eigenvalue weighted by Gasteiger charge is -2.32. The van der Waals surface area contributed by atoms with E-state index in [4.69, 9.17) is 4.74 Å². The standard InChI is InChI=1S/C24H31BrN4O3/c1-24(2,3)32-23(31)27(4)14-15-6-9-17(10-7-15)29-21-18-12-16(25)8-11-19(18)26-13-20(21)28(5)22(29)30/h8,11-13,15,17H,6-7,9-10,14H2,1-5H3. The topological polar surface area (TPSA) is 69.4 Å². The zero-order valence-electron chi connectivity index (χ0n) is 19.4. The highest BCUT2D eigenvalue weighted by Crippen LogP contribution is 2.35. The smallest absolute Gasteiger partial charge is 0.410 e. The number of ether oxygens (including phenoxy) is 1. The molecule has 1 fully saturated rings. The molecule has 32 heavy (non-hydrogen) atoms. The molecule has 1 saturated carbocycles. The van der Waals surface area contributed by atoms with Gasteiger partial charge < -0.3 is 9.64 Å². The Morgan fingerprint density at radius 3 is 2.59 bits per heavy atom. The Morgan fingerprint density at radius 2 is 1.94 bits per heavy atom. The molecule has 1 aliphatic rings. The van der Waals surface area contributed by atoms with Gasteiger partial charge in [0.1, 0.15) is 5.60 Å². The van der Waals surface area contributed by atoms with Gasteiger partial charge in [-0.1, -0.05) is 15.9 Å². The highest BCUT2D eigenvalue weighted by Gasteiger charge is 2.29. The maximum Gasteiger partial charge on any atom is 0.410 e. The molecule has 0 aliphatic heterocycles. The zero-order valence-corrected chi connectivity index (χ0v) is 21.0. The molecule has 0 unspecified atom stereocenters. The Morgan fingerprint density at radius 1 is 1.25 bits per heavy atom. The molecule has 2 heterocycles. The summed E-state index contributed by atoms with van der Waals surface area (Å²) in [4.78, 5) is 31.8. The van der Waals surface area contributed by atoms with Crippen molar-refractivity contribution in [1.82, 2.24) is 19.0 Å². The fraction of sp³-hybridized carbons (Fsp3) is 0.542. The van der Waals surface area contributed by atoms with Gasteiger partial charge in [0, 0.05) is 36.5 Å². The Kier molecular flexibility index (Phi) is 6.09. The van der Waals surface area contributed by atoms with Gasteiger partial charge in [-0.25, -0.2) is 9.59 Å². The van der Waals surface area contributed by atoms with E-state index in [0.29, 0.717) is 12.5 Å². The number of rotatable bonds is 3. The molecule has 0 spiro atoms. The normalized spacial score (nSPS) is 19.4. The van der Waals surface area contributed by atoms with Gasteiger partial charge in [-0.2, -0.15) is 0 Å². The number of carbonyl (C=O) groups is 1. The van der Waals surface area contributed by atoms with Crippen LogP contribution in [0.1, 0.15) is 52.5 Å². The van der Waals surface area contributed by atoms with Crippen molar-refractivity contribution in [1.29, 1.82) is 0 Å². The molecule has 3 aromatic rings. The van der Waals surface area contributed by atoms with Crippen molar-refractivity contribution >= 4 is 44.0 Å². The molecule has 1 amide bonds. The van der Waals surface area contributed by atoms with E-state index in [0.717, 1.165) is 52.1 Å². The number of hydrogen-bond donors (Lipinski definition) is 0. The lowest BCUT2D eigenvalue weighted by Crippen LogP contribution is -2.38. The third-order valence-corrected chi connectivity index (χ3v) is 6.79. The summed E-state index contributed by atoms with van der Waals surface area (Å²) in [5.41, 5.74) is 2.20. The number of amides is 1. The van der Waals surface area contributed by atoms with Gasteiger partial charge in [-0.3, -0.25) is 14.1 Å². The number of imidazole rings is 1. The Bertz CT molecular complexity index is 1220. The van der Waals surface area contributed by atoms with Crippen LogP contribution in [0, 0.1) is 5.92 Å². The summed E-state index contributed by atoms with van der Waals surface area (Å²) in [7, 11) is 3.61. The van der Waals surface area contributed by atoms with Crippen molar-refractivity contribution in [3.05, 3.63) is 39.4 Å². The van der Waals surface area contributed by atoms with Gasteiger partial charge in [-0.15, -0.1) is 0 Å². The van der Waals surface area contributed by atoms with Crippen LogP contribution >= 0.6 is 15.9 Å². The van der Waals surface area contributed by atoms with E-state index in [1.165, 1.54) is 0 Å². The van der Waals surface area contributed by atoms with Crippen LogP contribution in [0.15, 0.2) is 33.7 Å². The summed E-state index contributed by atoms with van der Waals surface area (Å²) in [6.45, 7) is 6.31. The molecular formula is C24H31BrN4O3. The van der Waals surface area contributed by atoms with E-state index in [1.807, 2.05) is 50.6 Å². The van der Waals surface area contributed by atoms with E-state index in [2.05, 4.69) is 20.9 Å². The lowest BCUT2D eigenvalue weighted by atomic mass is 9.85. The average molecular weight is 503 g/mol. The number of halogens is 1. The molecule has 1 aromatic carbocycles. The molecule has 2 aromatic heterocycles. The summed E-state index contributed by atoms with van der Waals surface area (Å²) >= 11 is 3.56. The van der Waals surface area contributed by atoms with E-state index < -0.39 is 5.60 Å². The molecule has 172 valence electrons. The van der Waals surface area contributed by atoms with Crippen molar-refractivity contribution in [3.8, 4) is 0 Å². The fourth-order valence-corrected chi connectivity index (χ4v) is 5.09. The Balaban J connectivity index is 1.56. The number of benzene rings is 1. The maximum absolute atomic E-state index is 13.2. The van der Waals surface area contributed by atoms with Crippen molar-refractivity contribution in [2.75, 3.05) is 13.6 Å². The molecule has 0 atom stereocenters. The third-order valence-electron chi connectivity index (χ3n) is 6.30. The summed E-state index contributed by atoms with van der Waals surface area (Å²) < 4.78 is 10.1. The summed E-state index contributed by atoms with van der Waals surface area (Å²) in [6.07, 6.45) is 5.26. The second-order valence-corrected chi connectivity index (χ2v) is 10.8. The van der Waals surface area contributed by atoms with E-state index >= 15 is 0 Å². The van der Waals surface area contributed by atoms with E-state index in [-0.39, 0.29) is 17.8 Å². The SMILES string of the molecule is CN(CC1CCC(n2c(=O)n(C)c3cnc4ccc(Br)cc4c32)CC1)C(=O)OC(C)(C)C. The first kappa shape index (κ1) is 22.8. The van der Waals surface area contributed by atoms with Crippen LogP contribution in [0.3, 0.4) is 0 Å². The van der Waals surface area contributed by atoms with Crippen LogP contribution in [0.4, 0.5) is 4.79 Å². The van der Waals surface area contributed by atoms with E-state index in [1.54, 1.807) is 22.7 Å². The van der Waals surface area contributed by atoms with Crippen LogP contribution in [0.5, 0.6) is 0 Å². The average Bonchev–Trinajstić information content (AvgIpc) is 2.98. The first-order valence-electron chi connectivity index (χ1n) is 11.1. The number of carbonyl (C=O) groups excluding carboxylic acids is 1. The molecule has 0 radical (unpaired) electrons. The van der Waals surface area contributed by atoms with Crippen LogP contribution < -0.4 is 5.69 Å². The monoisotopic (exact) mass is 502 g/mol. The van der Waals surface area contributed by atoms with Crippen LogP contribution in [-0.2, 0) is 11.8 Å². The molecule has 0 bridgehead atoms. The number of aromatic nitrogens is 3. The first-order chi connectivity index (χ1) is 15.0. The van der Waals surface area contributed by atoms with Gasteiger partial charge in [0.05, 0.1) is 22.7 Å². The minimum absolute atomic E-state index is 0.00333. The van der Waals surface area contributed by atoms with E-state index in [9.17, 15) is 9.59 Å². The second-order valence-electron chi connectivity index (χ2n) is 9.90. The Hall–Kier alpha value is -2.35. The lowest BCUT2D eigenvalue weighted by molar-refractivity contribution is 0.0258. The van der Waals surface area contributed by atoms with Crippen LogP contribution in [-0.4, -0.2) is 44.3 Å². The van der Waals surface area contributed by atoms with Gasteiger partial charge in [0.15, 0.2) is 0 Å². The first-order valence-corrected chi connectivity index (χ1v) is 11.9. The predicted molar refractivity (Wildman–Crippen MR) is 130 cm³/mol. The molecule has 7 nitrogen and oxygen atoms in total. The quantitative estimate of drug-likeness (QED) is 0.490. The summed E-state index contributed by atoms with van der Waals surface area (Å²) in [6, 6.07) is 6.13. The summed E-state index contributed by atoms with van der Waals surface area (Å²) in [5.74, 6) is 0.405. The molecule has 4 rings (SSSR count). The van der Waals surface area contributed by atoms with Crippen molar-refractivity contribution in [2.24, 2.45) is 13.0 Å². The zero-order chi connectivity index (χ0) is 23.2. The fourth-order valence-electron chi connectivity index (χ4n) is 4.73.